The van der Waals surface area contributed by atoms with Gasteiger partial charge < -0.3 is 15.2 Å². The molecule has 21 heavy (non-hydrogen) atoms. The zero-order valence-electron chi connectivity index (χ0n) is 12.9. The molecule has 0 heterocycles. The Morgan fingerprint density at radius 3 is 2.43 bits per heavy atom. The Balaban J connectivity index is 1.76. The summed E-state index contributed by atoms with van der Waals surface area (Å²) in [5, 5.41) is 13.1. The minimum atomic E-state index is -0.728. The Kier molecular flexibility index (Phi) is 5.23. The Bertz CT molecular complexity index is 473. The summed E-state index contributed by atoms with van der Waals surface area (Å²) < 4.78 is 5.51. The smallest absolute Gasteiger partial charge is 0.258 e. The Hall–Kier alpha value is -1.55. The van der Waals surface area contributed by atoms with Crippen molar-refractivity contribution in [2.45, 2.75) is 51.6 Å². The summed E-state index contributed by atoms with van der Waals surface area (Å²) in [6, 6.07) is 5.88. The van der Waals surface area contributed by atoms with Crippen molar-refractivity contribution in [1.82, 2.24) is 5.32 Å². The average Bonchev–Trinajstić information content (AvgIpc) is 2.43. The summed E-state index contributed by atoms with van der Waals surface area (Å²) in [5.74, 6) is 0.521. The lowest BCUT2D eigenvalue weighted by atomic mass is 9.85. The summed E-state index contributed by atoms with van der Waals surface area (Å²) >= 11 is 0. The molecule has 1 aliphatic carbocycles. The Labute approximate surface area is 126 Å². The number of benzene rings is 1. The summed E-state index contributed by atoms with van der Waals surface area (Å²) in [6.07, 6.45) is 4.78. The molecule has 1 aromatic carbocycles. The van der Waals surface area contributed by atoms with Crippen LogP contribution in [0.3, 0.4) is 0 Å². The molecule has 1 fully saturated rings. The van der Waals surface area contributed by atoms with Gasteiger partial charge in [-0.1, -0.05) is 25.3 Å². The Morgan fingerprint density at radius 1 is 1.19 bits per heavy atom. The van der Waals surface area contributed by atoms with E-state index in [0.29, 0.717) is 12.3 Å². The molecule has 4 heteroatoms. The average molecular weight is 291 g/mol. The molecule has 1 aliphatic rings. The fourth-order valence-corrected chi connectivity index (χ4v) is 2.87. The standard InChI is InChI=1S/C17H25NO3/c1-13-8-14(2)10-15(9-13)21-11-16(19)18-12-17(20)6-4-3-5-7-17/h8-10,20H,3-7,11-12H2,1-2H3,(H,18,19). The van der Waals surface area contributed by atoms with Gasteiger partial charge in [-0.15, -0.1) is 0 Å². The Morgan fingerprint density at radius 2 is 1.81 bits per heavy atom. The number of hydrogen-bond acceptors (Lipinski definition) is 3. The summed E-state index contributed by atoms with van der Waals surface area (Å²) in [6.45, 7) is 4.30. The number of nitrogens with one attached hydrogen (secondary N) is 1. The van der Waals surface area contributed by atoms with Gasteiger partial charge in [-0.25, -0.2) is 0 Å². The molecule has 2 N–H and O–H groups in total. The number of carbonyl (C=O) groups excluding carboxylic acids is 1. The van der Waals surface area contributed by atoms with Crippen LogP contribution in [0.5, 0.6) is 5.75 Å². The van der Waals surface area contributed by atoms with E-state index in [1.807, 2.05) is 26.0 Å². The number of aliphatic hydroxyl groups is 1. The van der Waals surface area contributed by atoms with E-state index in [-0.39, 0.29) is 12.5 Å². The van der Waals surface area contributed by atoms with Gasteiger partial charge in [0.2, 0.25) is 0 Å². The molecule has 2 rings (SSSR count). The van der Waals surface area contributed by atoms with Crippen molar-refractivity contribution < 1.29 is 14.6 Å². The number of carbonyl (C=O) groups is 1. The molecule has 0 radical (unpaired) electrons. The van der Waals surface area contributed by atoms with E-state index in [1.165, 1.54) is 6.42 Å². The highest BCUT2D eigenvalue weighted by molar-refractivity contribution is 5.77. The van der Waals surface area contributed by atoms with E-state index in [9.17, 15) is 9.90 Å². The van der Waals surface area contributed by atoms with Gasteiger partial charge in [0.05, 0.1) is 5.60 Å². The highest BCUT2D eigenvalue weighted by atomic mass is 16.5. The molecule has 1 amide bonds. The molecule has 0 spiro atoms. The maximum atomic E-state index is 11.8. The maximum absolute atomic E-state index is 11.8. The van der Waals surface area contributed by atoms with E-state index >= 15 is 0 Å². The third-order valence-electron chi connectivity index (χ3n) is 3.96. The molecule has 0 bridgehead atoms. The molecule has 116 valence electrons. The first-order valence-electron chi connectivity index (χ1n) is 7.67. The van der Waals surface area contributed by atoms with Crippen LogP contribution in [0.2, 0.25) is 0 Å². The fourth-order valence-electron chi connectivity index (χ4n) is 2.87. The van der Waals surface area contributed by atoms with Crippen LogP contribution in [0.1, 0.15) is 43.2 Å². The van der Waals surface area contributed by atoms with Crippen LogP contribution in [0.4, 0.5) is 0 Å². The fraction of sp³-hybridized carbons (Fsp3) is 0.588. The summed E-state index contributed by atoms with van der Waals surface area (Å²) in [4.78, 5) is 11.8. The minimum Gasteiger partial charge on any atom is -0.484 e. The SMILES string of the molecule is Cc1cc(C)cc(OCC(=O)NCC2(O)CCCCC2)c1. The van der Waals surface area contributed by atoms with Crippen molar-refractivity contribution in [2.24, 2.45) is 0 Å². The molecular weight excluding hydrogens is 266 g/mol. The lowest BCUT2D eigenvalue weighted by Crippen LogP contribution is -2.45. The molecular formula is C17H25NO3. The van der Waals surface area contributed by atoms with Gasteiger partial charge in [-0.05, 0) is 49.9 Å². The summed E-state index contributed by atoms with van der Waals surface area (Å²) in [5.41, 5.74) is 1.50. The van der Waals surface area contributed by atoms with Crippen LogP contribution >= 0.6 is 0 Å². The number of ether oxygens (including phenoxy) is 1. The molecule has 0 aromatic heterocycles. The molecule has 0 atom stereocenters. The van der Waals surface area contributed by atoms with E-state index in [4.69, 9.17) is 4.74 Å². The van der Waals surface area contributed by atoms with E-state index in [0.717, 1.165) is 36.8 Å². The van der Waals surface area contributed by atoms with Crippen LogP contribution in [0.25, 0.3) is 0 Å². The lowest BCUT2D eigenvalue weighted by molar-refractivity contribution is -0.124. The molecule has 4 nitrogen and oxygen atoms in total. The van der Waals surface area contributed by atoms with Crippen molar-refractivity contribution in [1.29, 1.82) is 0 Å². The predicted molar refractivity (Wildman–Crippen MR) is 82.5 cm³/mol. The highest BCUT2D eigenvalue weighted by Gasteiger charge is 2.29. The van der Waals surface area contributed by atoms with Crippen LogP contribution in [0.15, 0.2) is 18.2 Å². The molecule has 1 aromatic rings. The first-order chi connectivity index (χ1) is 9.97. The normalized spacial score (nSPS) is 17.3. The molecule has 0 aliphatic heterocycles. The quantitative estimate of drug-likeness (QED) is 0.876. The van der Waals surface area contributed by atoms with Crippen molar-refractivity contribution in [3.05, 3.63) is 29.3 Å². The van der Waals surface area contributed by atoms with E-state index in [2.05, 4.69) is 11.4 Å². The third-order valence-corrected chi connectivity index (χ3v) is 3.96. The molecule has 0 saturated heterocycles. The first-order valence-corrected chi connectivity index (χ1v) is 7.67. The monoisotopic (exact) mass is 291 g/mol. The van der Waals surface area contributed by atoms with Crippen molar-refractivity contribution in [3.63, 3.8) is 0 Å². The first kappa shape index (κ1) is 15.8. The lowest BCUT2D eigenvalue weighted by Gasteiger charge is -2.32. The summed E-state index contributed by atoms with van der Waals surface area (Å²) in [7, 11) is 0. The maximum Gasteiger partial charge on any atom is 0.258 e. The van der Waals surface area contributed by atoms with Crippen LogP contribution in [0, 0.1) is 13.8 Å². The van der Waals surface area contributed by atoms with Crippen molar-refractivity contribution in [2.75, 3.05) is 13.2 Å². The van der Waals surface area contributed by atoms with Gasteiger partial charge in [0.25, 0.3) is 5.91 Å². The number of hydrogen-bond donors (Lipinski definition) is 2. The largest absolute Gasteiger partial charge is 0.484 e. The van der Waals surface area contributed by atoms with Crippen LogP contribution in [-0.4, -0.2) is 29.8 Å². The molecule has 1 saturated carbocycles. The topological polar surface area (TPSA) is 58.6 Å². The van der Waals surface area contributed by atoms with Gasteiger partial charge in [0.15, 0.2) is 6.61 Å². The number of amides is 1. The zero-order valence-corrected chi connectivity index (χ0v) is 12.9. The predicted octanol–water partition coefficient (Wildman–Crippen LogP) is 2.49. The van der Waals surface area contributed by atoms with Gasteiger partial charge in [0, 0.05) is 6.54 Å². The van der Waals surface area contributed by atoms with Crippen molar-refractivity contribution in [3.8, 4) is 5.75 Å². The van der Waals surface area contributed by atoms with Gasteiger partial charge >= 0.3 is 0 Å². The second-order valence-electron chi connectivity index (χ2n) is 6.17. The number of aryl methyl sites for hydroxylation is 2. The van der Waals surface area contributed by atoms with Crippen LogP contribution < -0.4 is 10.1 Å². The van der Waals surface area contributed by atoms with Gasteiger partial charge in [-0.2, -0.15) is 0 Å². The zero-order chi connectivity index (χ0) is 15.3. The number of rotatable bonds is 5. The highest BCUT2D eigenvalue weighted by Crippen LogP contribution is 2.27. The van der Waals surface area contributed by atoms with Gasteiger partial charge in [0.1, 0.15) is 5.75 Å². The third kappa shape index (κ3) is 5.05. The minimum absolute atomic E-state index is 0.0149. The molecule has 0 unspecified atom stereocenters. The van der Waals surface area contributed by atoms with Gasteiger partial charge in [-0.3, -0.25) is 4.79 Å². The van der Waals surface area contributed by atoms with E-state index < -0.39 is 5.60 Å². The van der Waals surface area contributed by atoms with E-state index in [1.54, 1.807) is 0 Å². The van der Waals surface area contributed by atoms with Crippen molar-refractivity contribution >= 4 is 5.91 Å². The van der Waals surface area contributed by atoms with Crippen LogP contribution in [-0.2, 0) is 4.79 Å². The second-order valence-corrected chi connectivity index (χ2v) is 6.17. The second kappa shape index (κ2) is 6.94.